The molecule has 0 aromatic heterocycles. The van der Waals surface area contributed by atoms with Crippen LogP contribution in [0.3, 0.4) is 0 Å². The van der Waals surface area contributed by atoms with Crippen molar-refractivity contribution in [3.8, 4) is 5.75 Å². The normalized spacial score (nSPS) is 10.5. The largest absolute Gasteiger partial charge is 0.435 e. The molecule has 0 unspecified atom stereocenters. The third-order valence-corrected chi connectivity index (χ3v) is 3.11. The summed E-state index contributed by atoms with van der Waals surface area (Å²) in [5.74, 6) is -1.05. The Morgan fingerprint density at radius 2 is 1.95 bits per heavy atom. The number of nitrogens with one attached hydrogen (secondary N) is 1. The number of halogens is 4. The highest BCUT2D eigenvalue weighted by molar-refractivity contribution is 9.10. The first-order chi connectivity index (χ1) is 9.95. The summed E-state index contributed by atoms with van der Waals surface area (Å²) < 4.78 is 41.7. The molecule has 1 amide bonds. The highest BCUT2D eigenvalue weighted by atomic mass is 79.9. The maximum atomic E-state index is 13.1. The van der Waals surface area contributed by atoms with Crippen LogP contribution in [0.25, 0.3) is 0 Å². The lowest BCUT2D eigenvalue weighted by atomic mass is 10.2. The summed E-state index contributed by atoms with van der Waals surface area (Å²) in [4.78, 5) is 12.0. The fourth-order valence-corrected chi connectivity index (χ4v) is 1.97. The molecule has 0 saturated heterocycles. The van der Waals surface area contributed by atoms with Crippen molar-refractivity contribution in [3.63, 3.8) is 0 Å². The minimum absolute atomic E-state index is 0.0666. The maximum absolute atomic E-state index is 13.1. The topological polar surface area (TPSA) is 38.3 Å². The molecular weight excluding hydrogens is 351 g/mol. The molecule has 2 aromatic carbocycles. The van der Waals surface area contributed by atoms with E-state index in [0.717, 1.165) is 6.07 Å². The van der Waals surface area contributed by atoms with Gasteiger partial charge in [0.1, 0.15) is 11.6 Å². The lowest BCUT2D eigenvalue weighted by molar-refractivity contribution is -0.0497. The van der Waals surface area contributed by atoms with Crippen LogP contribution in [0.5, 0.6) is 5.75 Å². The Bertz CT molecular complexity index is 664. The molecule has 1 N–H and O–H groups in total. The Morgan fingerprint density at radius 1 is 1.19 bits per heavy atom. The van der Waals surface area contributed by atoms with Crippen LogP contribution in [-0.2, 0) is 0 Å². The van der Waals surface area contributed by atoms with Gasteiger partial charge < -0.3 is 10.1 Å². The van der Waals surface area contributed by atoms with Crippen molar-refractivity contribution < 1.29 is 22.7 Å². The molecule has 2 aromatic rings. The number of carbonyl (C=O) groups is 1. The van der Waals surface area contributed by atoms with E-state index in [1.54, 1.807) is 0 Å². The fraction of sp³-hybridized carbons (Fsp3) is 0.0714. The molecule has 0 heterocycles. The van der Waals surface area contributed by atoms with Gasteiger partial charge in [-0.1, -0.05) is 6.07 Å². The van der Waals surface area contributed by atoms with Crippen LogP contribution < -0.4 is 10.1 Å². The maximum Gasteiger partial charge on any atom is 0.387 e. The quantitative estimate of drug-likeness (QED) is 0.876. The average Bonchev–Trinajstić information content (AvgIpc) is 2.41. The number of anilines is 1. The number of hydrogen-bond acceptors (Lipinski definition) is 2. The van der Waals surface area contributed by atoms with E-state index in [1.165, 1.54) is 36.4 Å². The lowest BCUT2D eigenvalue weighted by Crippen LogP contribution is -2.12. The molecule has 0 spiro atoms. The van der Waals surface area contributed by atoms with Gasteiger partial charge in [0.25, 0.3) is 5.91 Å². The monoisotopic (exact) mass is 359 g/mol. The zero-order valence-electron chi connectivity index (χ0n) is 10.4. The average molecular weight is 360 g/mol. The fourth-order valence-electron chi connectivity index (χ4n) is 1.59. The van der Waals surface area contributed by atoms with Crippen molar-refractivity contribution in [1.29, 1.82) is 0 Å². The van der Waals surface area contributed by atoms with Crippen LogP contribution in [-0.4, -0.2) is 12.5 Å². The summed E-state index contributed by atoms with van der Waals surface area (Å²) in [6, 6.07) is 9.38. The number of hydrogen-bond donors (Lipinski definition) is 1. The van der Waals surface area contributed by atoms with Gasteiger partial charge in [-0.15, -0.1) is 0 Å². The molecule has 21 heavy (non-hydrogen) atoms. The van der Waals surface area contributed by atoms with Gasteiger partial charge in [0.05, 0.1) is 4.47 Å². The second-order valence-corrected chi connectivity index (χ2v) is 4.84. The van der Waals surface area contributed by atoms with Crippen LogP contribution in [0.1, 0.15) is 10.4 Å². The van der Waals surface area contributed by atoms with Crippen LogP contribution in [0.4, 0.5) is 18.9 Å². The molecule has 0 fully saturated rings. The van der Waals surface area contributed by atoms with Crippen molar-refractivity contribution >= 4 is 27.5 Å². The Morgan fingerprint density at radius 3 is 2.62 bits per heavy atom. The minimum atomic E-state index is -2.94. The third-order valence-electron chi connectivity index (χ3n) is 2.50. The van der Waals surface area contributed by atoms with Gasteiger partial charge in [0, 0.05) is 17.3 Å². The van der Waals surface area contributed by atoms with Crippen LogP contribution >= 0.6 is 15.9 Å². The second-order valence-electron chi connectivity index (χ2n) is 3.99. The van der Waals surface area contributed by atoms with Gasteiger partial charge in [-0.25, -0.2) is 4.39 Å². The van der Waals surface area contributed by atoms with Crippen molar-refractivity contribution in [2.45, 2.75) is 6.61 Å². The number of carbonyl (C=O) groups excluding carboxylic acids is 1. The van der Waals surface area contributed by atoms with Crippen molar-refractivity contribution in [1.82, 2.24) is 0 Å². The van der Waals surface area contributed by atoms with Gasteiger partial charge in [-0.2, -0.15) is 8.78 Å². The Hall–Kier alpha value is -2.02. The van der Waals surface area contributed by atoms with E-state index in [1.807, 2.05) is 0 Å². The number of rotatable bonds is 4. The second kappa shape index (κ2) is 6.62. The van der Waals surface area contributed by atoms with E-state index < -0.39 is 18.3 Å². The highest BCUT2D eigenvalue weighted by Crippen LogP contribution is 2.21. The first-order valence-corrected chi connectivity index (χ1v) is 6.56. The van der Waals surface area contributed by atoms with Crippen molar-refractivity contribution in [2.75, 3.05) is 5.32 Å². The molecule has 3 nitrogen and oxygen atoms in total. The van der Waals surface area contributed by atoms with Crippen LogP contribution in [0.2, 0.25) is 0 Å². The molecule has 0 atom stereocenters. The van der Waals surface area contributed by atoms with E-state index in [0.29, 0.717) is 5.69 Å². The first kappa shape index (κ1) is 15.4. The first-order valence-electron chi connectivity index (χ1n) is 5.77. The molecule has 0 aliphatic rings. The van der Waals surface area contributed by atoms with Crippen LogP contribution in [0.15, 0.2) is 46.9 Å². The van der Waals surface area contributed by atoms with Gasteiger partial charge in [0.15, 0.2) is 0 Å². The molecule has 0 bridgehead atoms. The summed E-state index contributed by atoms with van der Waals surface area (Å²) in [7, 11) is 0. The molecule has 0 aliphatic carbocycles. The summed E-state index contributed by atoms with van der Waals surface area (Å²) in [5, 5.41) is 2.51. The number of benzene rings is 2. The van der Waals surface area contributed by atoms with E-state index in [4.69, 9.17) is 0 Å². The smallest absolute Gasteiger partial charge is 0.387 e. The summed E-state index contributed by atoms with van der Waals surface area (Å²) in [5.41, 5.74) is 0.516. The number of alkyl halides is 2. The zero-order valence-corrected chi connectivity index (χ0v) is 12.0. The van der Waals surface area contributed by atoms with Crippen molar-refractivity contribution in [2.24, 2.45) is 0 Å². The highest BCUT2D eigenvalue weighted by Gasteiger charge is 2.10. The van der Waals surface area contributed by atoms with Gasteiger partial charge in [-0.3, -0.25) is 4.79 Å². The number of ether oxygens (including phenoxy) is 1. The SMILES string of the molecule is O=C(Nc1cccc(OC(F)F)c1)c1ccc(F)c(Br)c1. The molecule has 0 aliphatic heterocycles. The van der Waals surface area contributed by atoms with E-state index >= 15 is 0 Å². The van der Waals surface area contributed by atoms with Gasteiger partial charge in [-0.05, 0) is 46.3 Å². The van der Waals surface area contributed by atoms with Crippen LogP contribution in [0, 0.1) is 5.82 Å². The standard InChI is InChI=1S/C14H9BrF3NO2/c15-11-6-8(4-5-12(11)16)13(20)19-9-2-1-3-10(7-9)21-14(17)18/h1-7,14H,(H,19,20). The van der Waals surface area contributed by atoms with Gasteiger partial charge >= 0.3 is 6.61 Å². The lowest BCUT2D eigenvalue weighted by Gasteiger charge is -2.08. The molecule has 0 saturated carbocycles. The van der Waals surface area contributed by atoms with E-state index in [-0.39, 0.29) is 15.8 Å². The van der Waals surface area contributed by atoms with Gasteiger partial charge in [0.2, 0.25) is 0 Å². The Kier molecular flexibility index (Phi) is 4.85. The Labute approximate surface area is 126 Å². The number of amides is 1. The molecular formula is C14H9BrF3NO2. The minimum Gasteiger partial charge on any atom is -0.435 e. The molecule has 2 rings (SSSR count). The van der Waals surface area contributed by atoms with E-state index in [9.17, 15) is 18.0 Å². The summed E-state index contributed by atoms with van der Waals surface area (Å²) >= 11 is 2.98. The molecule has 110 valence electrons. The third kappa shape index (κ3) is 4.22. The zero-order chi connectivity index (χ0) is 15.4. The van der Waals surface area contributed by atoms with Crippen molar-refractivity contribution in [3.05, 3.63) is 58.3 Å². The molecule has 7 heteroatoms. The Balaban J connectivity index is 2.13. The summed E-state index contributed by atoms with van der Waals surface area (Å²) in [6.45, 7) is -2.94. The summed E-state index contributed by atoms with van der Waals surface area (Å²) in [6.07, 6.45) is 0. The molecule has 0 radical (unpaired) electrons. The van der Waals surface area contributed by atoms with E-state index in [2.05, 4.69) is 26.0 Å². The predicted molar refractivity (Wildman–Crippen MR) is 75.1 cm³/mol. The predicted octanol–water partition coefficient (Wildman–Crippen LogP) is 4.44.